The zero-order valence-electron chi connectivity index (χ0n) is 6.81. The zero-order chi connectivity index (χ0) is 7.84. The number of hydrogen-bond donors (Lipinski definition) is 1. The predicted octanol–water partition coefficient (Wildman–Crippen LogP) is 2.52. The van der Waals surface area contributed by atoms with Crippen LogP contribution in [0.15, 0.2) is 0 Å². The summed E-state index contributed by atoms with van der Waals surface area (Å²) in [5.41, 5.74) is 8.74. The molecule has 1 nitrogen and oxygen atoms in total. The smallest absolute Gasteiger partial charge is 0.0891 e. The zero-order valence-corrected chi connectivity index (χ0v) is 7.63. The van der Waals surface area contributed by atoms with Gasteiger partial charge >= 0.3 is 0 Å². The highest BCUT2D eigenvalue weighted by molar-refractivity contribution is 7.16. The Labute approximate surface area is 71.2 Å². The van der Waals surface area contributed by atoms with Crippen LogP contribution < -0.4 is 5.73 Å². The van der Waals surface area contributed by atoms with Gasteiger partial charge in [-0.3, -0.25) is 0 Å². The second-order valence-corrected chi connectivity index (χ2v) is 4.34. The van der Waals surface area contributed by atoms with Crippen LogP contribution >= 0.6 is 11.3 Å². The van der Waals surface area contributed by atoms with Crippen LogP contribution in [0.3, 0.4) is 0 Å². The Balaban J connectivity index is 2.50. The van der Waals surface area contributed by atoms with Crippen LogP contribution in [-0.2, 0) is 12.8 Å². The number of anilines is 1. The van der Waals surface area contributed by atoms with E-state index in [-0.39, 0.29) is 0 Å². The third-order valence-electron chi connectivity index (χ3n) is 2.47. The number of aryl methyl sites for hydroxylation is 1. The molecule has 2 heteroatoms. The lowest BCUT2D eigenvalue weighted by Crippen LogP contribution is -1.99. The van der Waals surface area contributed by atoms with Gasteiger partial charge in [-0.2, -0.15) is 0 Å². The van der Waals surface area contributed by atoms with Crippen molar-refractivity contribution in [3.63, 3.8) is 0 Å². The van der Waals surface area contributed by atoms with Gasteiger partial charge in [0.2, 0.25) is 0 Å². The Bertz CT molecular complexity index is 275. The molecule has 60 valence electrons. The molecule has 1 heterocycles. The van der Waals surface area contributed by atoms with Gasteiger partial charge in [0.25, 0.3) is 0 Å². The van der Waals surface area contributed by atoms with Crippen LogP contribution in [0.25, 0.3) is 0 Å². The van der Waals surface area contributed by atoms with Gasteiger partial charge in [-0.1, -0.05) is 0 Å². The van der Waals surface area contributed by atoms with Crippen LogP contribution in [-0.4, -0.2) is 0 Å². The normalized spacial score (nSPS) is 16.5. The number of fused-ring (bicyclic) bond motifs is 1. The fraction of sp³-hybridized carbons (Fsp3) is 0.556. The lowest BCUT2D eigenvalue weighted by Gasteiger charge is -2.10. The van der Waals surface area contributed by atoms with Gasteiger partial charge in [0, 0.05) is 4.88 Å². The second kappa shape index (κ2) is 2.52. The first-order valence-corrected chi connectivity index (χ1v) is 4.97. The van der Waals surface area contributed by atoms with E-state index in [2.05, 4.69) is 6.92 Å². The molecule has 11 heavy (non-hydrogen) atoms. The Morgan fingerprint density at radius 3 is 2.73 bits per heavy atom. The van der Waals surface area contributed by atoms with Crippen molar-refractivity contribution >= 4 is 16.3 Å². The maximum Gasteiger partial charge on any atom is 0.0891 e. The van der Waals surface area contributed by atoms with Gasteiger partial charge in [-0.25, -0.2) is 0 Å². The molecule has 1 aliphatic rings. The molecule has 2 rings (SSSR count). The highest BCUT2D eigenvalue weighted by atomic mass is 32.1. The number of hydrogen-bond acceptors (Lipinski definition) is 2. The first kappa shape index (κ1) is 7.17. The molecule has 0 saturated carbocycles. The van der Waals surface area contributed by atoms with Crippen LogP contribution in [0.5, 0.6) is 0 Å². The van der Waals surface area contributed by atoms with E-state index in [1.54, 1.807) is 21.8 Å². The van der Waals surface area contributed by atoms with Crippen LogP contribution in [0.2, 0.25) is 0 Å². The summed E-state index contributed by atoms with van der Waals surface area (Å²) < 4.78 is 0. The summed E-state index contributed by atoms with van der Waals surface area (Å²) in [6.45, 7) is 2.15. The highest BCUT2D eigenvalue weighted by Crippen LogP contribution is 2.35. The monoisotopic (exact) mass is 167 g/mol. The van der Waals surface area contributed by atoms with Crippen molar-refractivity contribution in [2.75, 3.05) is 5.73 Å². The minimum Gasteiger partial charge on any atom is -0.390 e. The number of rotatable bonds is 0. The fourth-order valence-corrected chi connectivity index (χ4v) is 2.91. The molecule has 1 aromatic heterocycles. The standard InChI is InChI=1S/C9H13NS/c1-6-7-4-2-3-5-8(7)11-9(6)10/h2-5,10H2,1H3. The third kappa shape index (κ3) is 1.06. The van der Waals surface area contributed by atoms with Crippen molar-refractivity contribution in [2.45, 2.75) is 32.6 Å². The van der Waals surface area contributed by atoms with E-state index in [0.717, 1.165) is 5.00 Å². The average molecular weight is 167 g/mol. The summed E-state index contributed by atoms with van der Waals surface area (Å²) >= 11 is 1.79. The lowest BCUT2D eigenvalue weighted by atomic mass is 9.96. The number of nitrogens with two attached hydrogens (primary N) is 1. The van der Waals surface area contributed by atoms with Crippen molar-refractivity contribution in [2.24, 2.45) is 0 Å². The maximum absolute atomic E-state index is 5.84. The molecule has 0 aliphatic heterocycles. The quantitative estimate of drug-likeness (QED) is 0.631. The Morgan fingerprint density at radius 2 is 2.00 bits per heavy atom. The van der Waals surface area contributed by atoms with E-state index in [0.29, 0.717) is 0 Å². The van der Waals surface area contributed by atoms with Crippen molar-refractivity contribution in [3.8, 4) is 0 Å². The minimum absolute atomic E-state index is 1.04. The second-order valence-electron chi connectivity index (χ2n) is 3.20. The van der Waals surface area contributed by atoms with Crippen molar-refractivity contribution in [1.29, 1.82) is 0 Å². The SMILES string of the molecule is Cc1c(N)sc2c1CCCC2. The molecule has 0 atom stereocenters. The number of thiophene rings is 1. The molecule has 1 aliphatic carbocycles. The summed E-state index contributed by atoms with van der Waals surface area (Å²) in [6.07, 6.45) is 5.23. The van der Waals surface area contributed by atoms with Gasteiger partial charge < -0.3 is 5.73 Å². The first-order chi connectivity index (χ1) is 5.29. The van der Waals surface area contributed by atoms with Gasteiger partial charge in [0.15, 0.2) is 0 Å². The molecule has 1 aromatic rings. The van der Waals surface area contributed by atoms with E-state index < -0.39 is 0 Å². The number of nitrogen functional groups attached to an aromatic ring is 1. The van der Waals surface area contributed by atoms with Crippen molar-refractivity contribution in [1.82, 2.24) is 0 Å². The summed E-state index contributed by atoms with van der Waals surface area (Å²) in [5, 5.41) is 1.04. The van der Waals surface area contributed by atoms with Gasteiger partial charge in [0.1, 0.15) is 0 Å². The summed E-state index contributed by atoms with van der Waals surface area (Å²) in [5.74, 6) is 0. The molecule has 0 unspecified atom stereocenters. The average Bonchev–Trinajstić information content (AvgIpc) is 2.30. The molecule has 0 radical (unpaired) electrons. The molecule has 0 aromatic carbocycles. The molecule has 0 saturated heterocycles. The van der Waals surface area contributed by atoms with Gasteiger partial charge in [0.05, 0.1) is 5.00 Å². The van der Waals surface area contributed by atoms with Gasteiger partial charge in [-0.05, 0) is 43.7 Å². The predicted molar refractivity (Wildman–Crippen MR) is 50.1 cm³/mol. The Morgan fingerprint density at radius 1 is 1.27 bits per heavy atom. The van der Waals surface area contributed by atoms with Gasteiger partial charge in [-0.15, -0.1) is 11.3 Å². The molecule has 0 bridgehead atoms. The van der Waals surface area contributed by atoms with Crippen LogP contribution in [0, 0.1) is 6.92 Å². The topological polar surface area (TPSA) is 26.0 Å². The highest BCUT2D eigenvalue weighted by Gasteiger charge is 2.15. The molecule has 2 N–H and O–H groups in total. The largest absolute Gasteiger partial charge is 0.390 e. The van der Waals surface area contributed by atoms with Crippen LogP contribution in [0.4, 0.5) is 5.00 Å². The van der Waals surface area contributed by atoms with E-state index in [1.165, 1.54) is 31.2 Å². The van der Waals surface area contributed by atoms with Crippen LogP contribution in [0.1, 0.15) is 28.8 Å². The summed E-state index contributed by atoms with van der Waals surface area (Å²) in [7, 11) is 0. The molecule has 0 spiro atoms. The summed E-state index contributed by atoms with van der Waals surface area (Å²) in [4.78, 5) is 1.55. The van der Waals surface area contributed by atoms with E-state index in [9.17, 15) is 0 Å². The Hall–Kier alpha value is -0.500. The first-order valence-electron chi connectivity index (χ1n) is 4.15. The lowest BCUT2D eigenvalue weighted by molar-refractivity contribution is 0.694. The molecular weight excluding hydrogens is 154 g/mol. The maximum atomic E-state index is 5.84. The van der Waals surface area contributed by atoms with E-state index >= 15 is 0 Å². The molecule has 0 amide bonds. The van der Waals surface area contributed by atoms with Crippen molar-refractivity contribution in [3.05, 3.63) is 16.0 Å². The van der Waals surface area contributed by atoms with Crippen molar-refractivity contribution < 1.29 is 0 Å². The molecule has 0 fully saturated rings. The van der Waals surface area contributed by atoms with E-state index in [4.69, 9.17) is 5.73 Å². The van der Waals surface area contributed by atoms with E-state index in [1.807, 2.05) is 0 Å². The third-order valence-corrected chi connectivity index (χ3v) is 3.70. The summed E-state index contributed by atoms with van der Waals surface area (Å²) in [6, 6.07) is 0. The molecular formula is C9H13NS. The fourth-order valence-electron chi connectivity index (χ4n) is 1.74. The minimum atomic E-state index is 1.04. The Kier molecular flexibility index (Phi) is 1.64.